The zero-order valence-electron chi connectivity index (χ0n) is 22.0. The van der Waals surface area contributed by atoms with Gasteiger partial charge in [0.1, 0.15) is 30.8 Å². The van der Waals surface area contributed by atoms with E-state index in [1.54, 1.807) is 23.1 Å². The van der Waals surface area contributed by atoms with E-state index in [1.165, 1.54) is 0 Å². The molecule has 0 aliphatic carbocycles. The van der Waals surface area contributed by atoms with Gasteiger partial charge in [-0.3, -0.25) is 4.90 Å². The number of carbonyl (C=O) groups excluding carboxylic acids is 1. The van der Waals surface area contributed by atoms with Gasteiger partial charge in [0.05, 0.1) is 5.69 Å². The molecular formula is C29H38N2O7. The summed E-state index contributed by atoms with van der Waals surface area (Å²) in [5.74, 6) is 0.144. The fourth-order valence-electron chi connectivity index (χ4n) is 4.98. The molecule has 9 heteroatoms. The summed E-state index contributed by atoms with van der Waals surface area (Å²) in [5.41, 5.74) is 1.41. The van der Waals surface area contributed by atoms with Crippen molar-refractivity contribution in [2.75, 3.05) is 37.8 Å². The highest BCUT2D eigenvalue weighted by molar-refractivity contribution is 5.95. The van der Waals surface area contributed by atoms with E-state index in [1.807, 2.05) is 24.3 Å². The first-order valence-corrected chi connectivity index (χ1v) is 13.5. The first kappa shape index (κ1) is 27.7. The number of carbonyl (C=O) groups is 2. The van der Waals surface area contributed by atoms with E-state index in [-0.39, 0.29) is 25.7 Å². The van der Waals surface area contributed by atoms with Gasteiger partial charge in [0.2, 0.25) is 0 Å². The van der Waals surface area contributed by atoms with Crippen molar-refractivity contribution in [3.8, 4) is 11.5 Å². The molecule has 0 bridgehead atoms. The molecule has 2 aliphatic heterocycles. The highest BCUT2D eigenvalue weighted by atomic mass is 16.5. The molecule has 1 unspecified atom stereocenters. The summed E-state index contributed by atoms with van der Waals surface area (Å²) >= 11 is 0. The van der Waals surface area contributed by atoms with Gasteiger partial charge < -0.3 is 29.7 Å². The van der Waals surface area contributed by atoms with Crippen LogP contribution in [0.2, 0.25) is 0 Å². The number of aliphatic hydroxyl groups excluding tert-OH is 1. The van der Waals surface area contributed by atoms with Gasteiger partial charge in [0, 0.05) is 26.1 Å². The third kappa shape index (κ3) is 6.76. The molecule has 0 saturated carbocycles. The van der Waals surface area contributed by atoms with Gasteiger partial charge in [-0.05, 0) is 61.4 Å². The molecule has 0 spiro atoms. The Balaban J connectivity index is 1.33. The van der Waals surface area contributed by atoms with Crippen LogP contribution in [0.25, 0.3) is 0 Å². The number of hydrogen-bond acceptors (Lipinski definition) is 6. The summed E-state index contributed by atoms with van der Waals surface area (Å²) < 4.78 is 17.3. The SMILES string of the molecule is CCCCNC(=O)N1CCCc2cccc(OC[C@H](O)COc3cccc(CC4(C(=O)O)CCCO4)c3)c21. The number of aryl methyl sites for hydroxylation is 1. The number of rotatable bonds is 12. The summed E-state index contributed by atoms with van der Waals surface area (Å²) in [6.45, 7) is 3.77. The van der Waals surface area contributed by atoms with Crippen molar-refractivity contribution >= 4 is 17.7 Å². The topological polar surface area (TPSA) is 118 Å². The molecule has 2 aliphatic rings. The molecule has 206 valence electrons. The number of para-hydroxylation sites is 1. The number of aliphatic hydroxyl groups is 1. The molecule has 3 N–H and O–H groups in total. The second kappa shape index (κ2) is 13.0. The fourth-order valence-corrected chi connectivity index (χ4v) is 4.98. The third-order valence-electron chi connectivity index (χ3n) is 6.99. The summed E-state index contributed by atoms with van der Waals surface area (Å²) in [6, 6.07) is 12.8. The second-order valence-electron chi connectivity index (χ2n) is 9.96. The standard InChI is InChI=1S/C29H38N2O7/c1-2-3-14-30-28(35)31-15-6-10-22-9-5-12-25(26(22)31)37-20-23(32)19-36-24-11-4-8-21(17-24)18-29(27(33)34)13-7-16-38-29/h4-5,8-9,11-12,17,23,32H,2-3,6-7,10,13-16,18-20H2,1H3,(H,30,35)(H,33,34)/t23-,29?/m1/s1. The maximum absolute atomic E-state index is 12.8. The van der Waals surface area contributed by atoms with Crippen molar-refractivity contribution in [2.45, 2.75) is 63.6 Å². The summed E-state index contributed by atoms with van der Waals surface area (Å²) in [5, 5.41) is 23.2. The van der Waals surface area contributed by atoms with E-state index in [0.29, 0.717) is 37.6 Å². The lowest BCUT2D eigenvalue weighted by Crippen LogP contribution is -2.43. The number of ether oxygens (including phenoxy) is 3. The average molecular weight is 527 g/mol. The van der Waals surface area contributed by atoms with Gasteiger partial charge in [0.15, 0.2) is 5.60 Å². The molecule has 1 fully saturated rings. The largest absolute Gasteiger partial charge is 0.491 e. The van der Waals surface area contributed by atoms with Crippen molar-refractivity contribution in [3.05, 3.63) is 53.6 Å². The number of hydrogen-bond donors (Lipinski definition) is 3. The van der Waals surface area contributed by atoms with Crippen LogP contribution in [0.3, 0.4) is 0 Å². The second-order valence-corrected chi connectivity index (χ2v) is 9.96. The number of nitrogens with one attached hydrogen (secondary N) is 1. The normalized spacial score (nSPS) is 19.5. The molecule has 9 nitrogen and oxygen atoms in total. The van der Waals surface area contributed by atoms with E-state index in [2.05, 4.69) is 12.2 Å². The van der Waals surface area contributed by atoms with Crippen LogP contribution in [-0.2, 0) is 22.4 Å². The molecule has 38 heavy (non-hydrogen) atoms. The van der Waals surface area contributed by atoms with Gasteiger partial charge in [-0.2, -0.15) is 0 Å². The zero-order valence-corrected chi connectivity index (χ0v) is 22.0. The third-order valence-corrected chi connectivity index (χ3v) is 6.99. The van der Waals surface area contributed by atoms with E-state index in [0.717, 1.165) is 48.9 Å². The van der Waals surface area contributed by atoms with Crippen molar-refractivity contribution in [3.63, 3.8) is 0 Å². The lowest BCUT2D eigenvalue weighted by atomic mass is 9.91. The average Bonchev–Trinajstić information content (AvgIpc) is 3.40. The highest BCUT2D eigenvalue weighted by Gasteiger charge is 2.43. The summed E-state index contributed by atoms with van der Waals surface area (Å²) in [4.78, 5) is 26.4. The predicted molar refractivity (Wildman–Crippen MR) is 143 cm³/mol. The van der Waals surface area contributed by atoms with Crippen LogP contribution in [0.15, 0.2) is 42.5 Å². The van der Waals surface area contributed by atoms with Crippen LogP contribution in [0.5, 0.6) is 11.5 Å². The molecule has 4 rings (SSSR count). The molecule has 2 aromatic rings. The number of nitrogens with zero attached hydrogens (tertiary/aromatic N) is 1. The van der Waals surface area contributed by atoms with Crippen LogP contribution >= 0.6 is 0 Å². The predicted octanol–water partition coefficient (Wildman–Crippen LogP) is 3.94. The molecule has 2 aromatic carbocycles. The number of aliphatic carboxylic acids is 1. The van der Waals surface area contributed by atoms with E-state index in [9.17, 15) is 19.8 Å². The maximum atomic E-state index is 12.8. The van der Waals surface area contributed by atoms with Gasteiger partial charge in [-0.25, -0.2) is 9.59 Å². The Kier molecular flexibility index (Phi) is 9.47. The quantitative estimate of drug-likeness (QED) is 0.359. The van der Waals surface area contributed by atoms with Gasteiger partial charge in [-0.1, -0.05) is 37.6 Å². The monoisotopic (exact) mass is 526 g/mol. The summed E-state index contributed by atoms with van der Waals surface area (Å²) in [7, 11) is 0. The Morgan fingerprint density at radius 2 is 1.97 bits per heavy atom. The van der Waals surface area contributed by atoms with Crippen LogP contribution in [0, 0.1) is 0 Å². The van der Waals surface area contributed by atoms with E-state index >= 15 is 0 Å². The number of urea groups is 1. The first-order valence-electron chi connectivity index (χ1n) is 13.5. The number of unbranched alkanes of at least 4 members (excludes halogenated alkanes) is 1. The Morgan fingerprint density at radius 1 is 1.16 bits per heavy atom. The van der Waals surface area contributed by atoms with E-state index in [4.69, 9.17) is 14.2 Å². The van der Waals surface area contributed by atoms with Gasteiger partial charge in [0.25, 0.3) is 0 Å². The Morgan fingerprint density at radius 3 is 2.74 bits per heavy atom. The Hall–Kier alpha value is -3.30. The van der Waals surface area contributed by atoms with Crippen molar-refractivity contribution < 1.29 is 34.0 Å². The number of amides is 2. The zero-order chi connectivity index (χ0) is 27.0. The van der Waals surface area contributed by atoms with Crippen molar-refractivity contribution in [1.82, 2.24) is 5.32 Å². The molecular weight excluding hydrogens is 488 g/mol. The molecule has 2 amide bonds. The molecule has 2 atom stereocenters. The summed E-state index contributed by atoms with van der Waals surface area (Å²) in [6.07, 6.45) is 4.22. The first-order chi connectivity index (χ1) is 18.4. The number of carboxylic acids is 1. The lowest BCUT2D eigenvalue weighted by Gasteiger charge is -2.31. The Bertz CT molecular complexity index is 1100. The number of anilines is 1. The molecule has 0 radical (unpaired) electrons. The minimum absolute atomic E-state index is 0.000267. The van der Waals surface area contributed by atoms with Gasteiger partial charge >= 0.3 is 12.0 Å². The van der Waals surface area contributed by atoms with Crippen LogP contribution in [0.1, 0.15) is 50.2 Å². The minimum atomic E-state index is -1.19. The van der Waals surface area contributed by atoms with E-state index < -0.39 is 17.7 Å². The van der Waals surface area contributed by atoms with Crippen LogP contribution in [0.4, 0.5) is 10.5 Å². The van der Waals surface area contributed by atoms with Crippen molar-refractivity contribution in [1.29, 1.82) is 0 Å². The fraction of sp³-hybridized carbons (Fsp3) is 0.517. The highest BCUT2D eigenvalue weighted by Crippen LogP contribution is 2.36. The van der Waals surface area contributed by atoms with Gasteiger partial charge in [-0.15, -0.1) is 0 Å². The smallest absolute Gasteiger partial charge is 0.336 e. The number of fused-ring (bicyclic) bond motifs is 1. The molecule has 2 heterocycles. The minimum Gasteiger partial charge on any atom is -0.491 e. The Labute approximate surface area is 223 Å². The van der Waals surface area contributed by atoms with Crippen molar-refractivity contribution in [2.24, 2.45) is 0 Å². The number of benzene rings is 2. The lowest BCUT2D eigenvalue weighted by molar-refractivity contribution is -0.159. The van der Waals surface area contributed by atoms with Crippen LogP contribution in [-0.4, -0.2) is 66.8 Å². The van der Waals surface area contributed by atoms with Crippen LogP contribution < -0.4 is 19.7 Å². The number of carboxylic acid groups (broad SMARTS) is 1. The molecule has 0 aromatic heterocycles. The molecule has 1 saturated heterocycles. The maximum Gasteiger partial charge on any atom is 0.336 e.